The first-order valence-corrected chi connectivity index (χ1v) is 5.26. The lowest BCUT2D eigenvalue weighted by molar-refractivity contribution is 0.685. The van der Waals surface area contributed by atoms with Gasteiger partial charge >= 0.3 is 0 Å². The van der Waals surface area contributed by atoms with Crippen LogP contribution in [0.25, 0.3) is 12.2 Å². The van der Waals surface area contributed by atoms with Crippen LogP contribution in [0.15, 0.2) is 25.3 Å². The van der Waals surface area contributed by atoms with Crippen LogP contribution in [0, 0.1) is 0 Å². The van der Waals surface area contributed by atoms with Gasteiger partial charge in [-0.05, 0) is 47.9 Å². The third-order valence-corrected chi connectivity index (χ3v) is 2.99. The smallest absolute Gasteiger partial charge is 0.0187 e. The van der Waals surface area contributed by atoms with Gasteiger partial charge in [0.2, 0.25) is 0 Å². The van der Waals surface area contributed by atoms with Crippen molar-refractivity contribution >= 4 is 12.2 Å². The quantitative estimate of drug-likeness (QED) is 0.655. The lowest BCUT2D eigenvalue weighted by Crippen LogP contribution is -2.03. The number of hydrogen-bond acceptors (Lipinski definition) is 0. The first kappa shape index (κ1) is 9.26. The van der Waals surface area contributed by atoms with Crippen LogP contribution in [0.2, 0.25) is 0 Å². The summed E-state index contributed by atoms with van der Waals surface area (Å²) < 4.78 is 0. The maximum atomic E-state index is 3.84. The molecular formula is C14H16. The molecule has 0 atom stereocenters. The van der Waals surface area contributed by atoms with E-state index in [1.54, 1.807) is 0 Å². The van der Waals surface area contributed by atoms with Crippen molar-refractivity contribution in [3.8, 4) is 0 Å². The summed E-state index contributed by atoms with van der Waals surface area (Å²) in [6.07, 6.45) is 8.97. The van der Waals surface area contributed by atoms with E-state index >= 15 is 0 Å². The minimum absolute atomic E-state index is 1.22. The Hall–Kier alpha value is -1.30. The van der Waals surface area contributed by atoms with Crippen molar-refractivity contribution < 1.29 is 0 Å². The molecule has 0 fully saturated rings. The molecule has 14 heavy (non-hydrogen) atoms. The molecule has 0 radical (unpaired) electrons. The Bertz CT molecular complexity index is 335. The maximum absolute atomic E-state index is 3.84. The molecule has 1 aromatic rings. The van der Waals surface area contributed by atoms with Gasteiger partial charge in [0.25, 0.3) is 0 Å². The predicted molar refractivity (Wildman–Crippen MR) is 63.3 cm³/mol. The van der Waals surface area contributed by atoms with Crippen molar-refractivity contribution in [2.75, 3.05) is 0 Å². The van der Waals surface area contributed by atoms with E-state index in [2.05, 4.69) is 25.3 Å². The highest BCUT2D eigenvalue weighted by Crippen LogP contribution is 2.25. The fraction of sp³-hybridized carbons (Fsp3) is 0.286. The van der Waals surface area contributed by atoms with Crippen LogP contribution >= 0.6 is 0 Å². The second kappa shape index (κ2) is 3.83. The summed E-state index contributed by atoms with van der Waals surface area (Å²) in [5.41, 5.74) is 5.47. The molecule has 1 aliphatic carbocycles. The Labute approximate surface area is 86.0 Å². The molecule has 72 valence electrons. The standard InChI is InChI=1S/C14H16/c1-3-11-9-13-7-5-6-8-14(13)10-12(11)4-2/h3-4,9-10H,1-2,5-8H2. The highest BCUT2D eigenvalue weighted by atomic mass is 14.2. The fourth-order valence-corrected chi connectivity index (χ4v) is 2.18. The zero-order chi connectivity index (χ0) is 9.97. The van der Waals surface area contributed by atoms with Crippen LogP contribution in [0.4, 0.5) is 0 Å². The molecule has 0 bridgehead atoms. The number of rotatable bonds is 2. The molecule has 1 aliphatic rings. The van der Waals surface area contributed by atoms with Crippen molar-refractivity contribution in [2.24, 2.45) is 0 Å². The first-order valence-electron chi connectivity index (χ1n) is 5.26. The summed E-state index contributed by atoms with van der Waals surface area (Å²) in [7, 11) is 0. The van der Waals surface area contributed by atoms with Gasteiger partial charge in [-0.3, -0.25) is 0 Å². The van der Waals surface area contributed by atoms with Gasteiger partial charge in [0.1, 0.15) is 0 Å². The minimum Gasteiger partial charge on any atom is -0.0984 e. The molecule has 0 heterocycles. The van der Waals surface area contributed by atoms with Crippen LogP contribution in [-0.2, 0) is 12.8 Å². The number of aryl methyl sites for hydroxylation is 2. The fourth-order valence-electron chi connectivity index (χ4n) is 2.18. The van der Waals surface area contributed by atoms with Crippen molar-refractivity contribution in [1.29, 1.82) is 0 Å². The number of benzene rings is 1. The molecule has 0 heteroatoms. The Morgan fingerprint density at radius 1 is 0.857 bits per heavy atom. The first-order chi connectivity index (χ1) is 6.85. The van der Waals surface area contributed by atoms with Crippen molar-refractivity contribution in [3.05, 3.63) is 47.5 Å². The van der Waals surface area contributed by atoms with Crippen LogP contribution in [0.5, 0.6) is 0 Å². The predicted octanol–water partition coefficient (Wildman–Crippen LogP) is 3.85. The normalized spacial score (nSPS) is 14.6. The minimum atomic E-state index is 1.22. The summed E-state index contributed by atoms with van der Waals surface area (Å²) in [6.45, 7) is 7.68. The van der Waals surface area contributed by atoms with Gasteiger partial charge in [0, 0.05) is 0 Å². The summed E-state index contributed by atoms with van der Waals surface area (Å²) >= 11 is 0. The lowest BCUT2D eigenvalue weighted by Gasteiger charge is -2.17. The van der Waals surface area contributed by atoms with E-state index in [0.29, 0.717) is 0 Å². The summed E-state index contributed by atoms with van der Waals surface area (Å²) in [6, 6.07) is 4.55. The van der Waals surface area contributed by atoms with Crippen LogP contribution in [0.3, 0.4) is 0 Å². The molecule has 0 saturated carbocycles. The van der Waals surface area contributed by atoms with E-state index in [4.69, 9.17) is 0 Å². The largest absolute Gasteiger partial charge is 0.0984 e. The van der Waals surface area contributed by atoms with E-state index in [9.17, 15) is 0 Å². The van der Waals surface area contributed by atoms with Crippen LogP contribution in [0.1, 0.15) is 35.1 Å². The average molecular weight is 184 g/mol. The SMILES string of the molecule is C=Cc1cc2c(cc1C=C)CCCC2. The summed E-state index contributed by atoms with van der Waals surface area (Å²) in [5, 5.41) is 0. The molecule has 0 spiro atoms. The third kappa shape index (κ3) is 1.52. The molecular weight excluding hydrogens is 168 g/mol. The number of fused-ring (bicyclic) bond motifs is 1. The summed E-state index contributed by atoms with van der Waals surface area (Å²) in [5.74, 6) is 0. The van der Waals surface area contributed by atoms with Gasteiger partial charge in [-0.25, -0.2) is 0 Å². The third-order valence-electron chi connectivity index (χ3n) is 2.99. The van der Waals surface area contributed by atoms with Gasteiger partial charge in [0.05, 0.1) is 0 Å². The van der Waals surface area contributed by atoms with Crippen molar-refractivity contribution in [1.82, 2.24) is 0 Å². The molecule has 0 nitrogen and oxygen atoms in total. The molecule has 0 N–H and O–H groups in total. The average Bonchev–Trinajstić information content (AvgIpc) is 2.27. The maximum Gasteiger partial charge on any atom is -0.0187 e. The van der Waals surface area contributed by atoms with Gasteiger partial charge in [-0.15, -0.1) is 0 Å². The van der Waals surface area contributed by atoms with Gasteiger partial charge in [-0.2, -0.15) is 0 Å². The Kier molecular flexibility index (Phi) is 2.53. The molecule has 0 aromatic heterocycles. The van der Waals surface area contributed by atoms with Crippen LogP contribution in [-0.4, -0.2) is 0 Å². The molecule has 2 rings (SSSR count). The topological polar surface area (TPSA) is 0 Å². The Balaban J connectivity index is 2.54. The van der Waals surface area contributed by atoms with Gasteiger partial charge < -0.3 is 0 Å². The van der Waals surface area contributed by atoms with E-state index in [1.807, 2.05) is 12.2 Å². The van der Waals surface area contributed by atoms with E-state index in [-0.39, 0.29) is 0 Å². The van der Waals surface area contributed by atoms with Crippen LogP contribution < -0.4 is 0 Å². The van der Waals surface area contributed by atoms with E-state index in [1.165, 1.54) is 47.9 Å². The van der Waals surface area contributed by atoms with Crippen molar-refractivity contribution in [3.63, 3.8) is 0 Å². The number of hydrogen-bond donors (Lipinski definition) is 0. The second-order valence-corrected chi connectivity index (χ2v) is 3.87. The molecule has 0 saturated heterocycles. The van der Waals surface area contributed by atoms with E-state index in [0.717, 1.165) is 0 Å². The highest BCUT2D eigenvalue weighted by Gasteiger charge is 2.10. The van der Waals surface area contributed by atoms with Crippen molar-refractivity contribution in [2.45, 2.75) is 25.7 Å². The molecule has 0 aliphatic heterocycles. The molecule has 0 amide bonds. The summed E-state index contributed by atoms with van der Waals surface area (Å²) in [4.78, 5) is 0. The zero-order valence-corrected chi connectivity index (χ0v) is 8.55. The Morgan fingerprint density at radius 2 is 1.29 bits per heavy atom. The molecule has 1 aromatic carbocycles. The monoisotopic (exact) mass is 184 g/mol. The second-order valence-electron chi connectivity index (χ2n) is 3.87. The van der Waals surface area contributed by atoms with Gasteiger partial charge in [-0.1, -0.05) is 37.4 Å². The highest BCUT2D eigenvalue weighted by molar-refractivity contribution is 5.65. The van der Waals surface area contributed by atoms with Gasteiger partial charge in [0.15, 0.2) is 0 Å². The lowest BCUT2D eigenvalue weighted by atomic mass is 9.88. The molecule has 0 unspecified atom stereocenters. The Morgan fingerprint density at radius 3 is 1.64 bits per heavy atom. The zero-order valence-electron chi connectivity index (χ0n) is 8.55. The van der Waals surface area contributed by atoms with E-state index < -0.39 is 0 Å².